The van der Waals surface area contributed by atoms with Crippen LogP contribution >= 0.6 is 0 Å². The van der Waals surface area contributed by atoms with E-state index in [-0.39, 0.29) is 0 Å². The molecule has 1 fully saturated rings. The van der Waals surface area contributed by atoms with Crippen molar-refractivity contribution in [2.24, 2.45) is 0 Å². The Morgan fingerprint density at radius 3 is 2.82 bits per heavy atom. The number of nitrogens with zero attached hydrogens (tertiary/aromatic N) is 4. The second-order valence-electron chi connectivity index (χ2n) is 7.41. The van der Waals surface area contributed by atoms with Crippen molar-refractivity contribution in [3.63, 3.8) is 0 Å². The van der Waals surface area contributed by atoms with Crippen LogP contribution in [0.3, 0.4) is 0 Å². The van der Waals surface area contributed by atoms with Gasteiger partial charge in [0.25, 0.3) is 0 Å². The number of methoxy groups -OCH3 is 2. The molecule has 1 aliphatic heterocycles. The molecule has 3 aromatic rings. The zero-order chi connectivity index (χ0) is 19.7. The Hall–Kier alpha value is -2.80. The molecule has 0 bridgehead atoms. The summed E-state index contributed by atoms with van der Waals surface area (Å²) < 4.78 is 12.6. The number of rotatable bonds is 5. The monoisotopic (exact) mass is 381 g/mol. The summed E-state index contributed by atoms with van der Waals surface area (Å²) in [5.74, 6) is 2.73. The third-order valence-electron chi connectivity index (χ3n) is 5.40. The third kappa shape index (κ3) is 3.62. The highest BCUT2D eigenvalue weighted by molar-refractivity contribution is 5.48. The lowest BCUT2D eigenvalue weighted by Crippen LogP contribution is -2.34. The Labute approximate surface area is 165 Å². The van der Waals surface area contributed by atoms with Gasteiger partial charge < -0.3 is 15.2 Å². The minimum absolute atomic E-state index is 0.354. The van der Waals surface area contributed by atoms with E-state index in [9.17, 15) is 0 Å². The van der Waals surface area contributed by atoms with Crippen LogP contribution in [0.2, 0.25) is 0 Å². The molecule has 1 saturated heterocycles. The van der Waals surface area contributed by atoms with Gasteiger partial charge in [-0.2, -0.15) is 9.61 Å². The molecule has 0 radical (unpaired) electrons. The van der Waals surface area contributed by atoms with Gasteiger partial charge in [-0.05, 0) is 44.5 Å². The Balaban J connectivity index is 1.55. The lowest BCUT2D eigenvalue weighted by Gasteiger charge is -2.33. The summed E-state index contributed by atoms with van der Waals surface area (Å²) in [7, 11) is 3.40. The van der Waals surface area contributed by atoms with Gasteiger partial charge in [-0.15, -0.1) is 0 Å². The standard InChI is InChI=1S/C21H27N5O2/c1-14-9-21-23-18(11-20(22)26(21)24-14)15-5-4-8-25(12-15)13-16-10-17(27-2)6-7-19(16)28-3/h6-7,9-11,15H,4-5,8,12-13,22H2,1-3H3/t15-/m1/s1. The zero-order valence-electron chi connectivity index (χ0n) is 16.7. The van der Waals surface area contributed by atoms with Gasteiger partial charge in [-0.25, -0.2) is 4.98 Å². The minimum atomic E-state index is 0.354. The van der Waals surface area contributed by atoms with Gasteiger partial charge in [-0.1, -0.05) is 0 Å². The van der Waals surface area contributed by atoms with Crippen molar-refractivity contribution in [3.05, 3.63) is 47.3 Å². The number of benzene rings is 1. The summed E-state index contributed by atoms with van der Waals surface area (Å²) in [6.07, 6.45) is 2.24. The van der Waals surface area contributed by atoms with Crippen molar-refractivity contribution in [1.29, 1.82) is 0 Å². The van der Waals surface area contributed by atoms with Crippen molar-refractivity contribution >= 4 is 11.5 Å². The molecule has 3 heterocycles. The number of ether oxygens (including phenoxy) is 2. The number of piperidine rings is 1. The van der Waals surface area contributed by atoms with Gasteiger partial charge in [-0.3, -0.25) is 4.90 Å². The quantitative estimate of drug-likeness (QED) is 0.732. The van der Waals surface area contributed by atoms with Gasteiger partial charge in [0.2, 0.25) is 0 Å². The van der Waals surface area contributed by atoms with Crippen LogP contribution in [0, 0.1) is 6.92 Å². The Bertz CT molecular complexity index is 984. The molecule has 0 saturated carbocycles. The fourth-order valence-electron chi connectivity index (χ4n) is 4.03. The van der Waals surface area contributed by atoms with E-state index in [1.54, 1.807) is 18.7 Å². The number of likely N-dealkylation sites (tertiary alicyclic amines) is 1. The molecule has 1 aromatic carbocycles. The van der Waals surface area contributed by atoms with E-state index in [0.29, 0.717) is 11.7 Å². The molecule has 2 N–H and O–H groups in total. The Morgan fingerprint density at radius 2 is 2.04 bits per heavy atom. The number of aromatic nitrogens is 3. The first-order chi connectivity index (χ1) is 13.6. The normalized spacial score (nSPS) is 17.8. The van der Waals surface area contributed by atoms with Crippen LogP contribution in [0.25, 0.3) is 5.65 Å². The van der Waals surface area contributed by atoms with E-state index in [0.717, 1.165) is 66.6 Å². The summed E-state index contributed by atoms with van der Waals surface area (Å²) in [6, 6.07) is 9.89. The molecule has 4 rings (SSSR count). The summed E-state index contributed by atoms with van der Waals surface area (Å²) >= 11 is 0. The van der Waals surface area contributed by atoms with E-state index >= 15 is 0 Å². The lowest BCUT2D eigenvalue weighted by atomic mass is 9.94. The topological polar surface area (TPSA) is 77.9 Å². The lowest BCUT2D eigenvalue weighted by molar-refractivity contribution is 0.196. The number of nitrogen functional groups attached to an aromatic ring is 1. The molecular weight excluding hydrogens is 354 g/mol. The Kier molecular flexibility index (Phi) is 5.09. The van der Waals surface area contributed by atoms with E-state index < -0.39 is 0 Å². The van der Waals surface area contributed by atoms with Crippen LogP contribution in [0.4, 0.5) is 5.82 Å². The molecule has 1 atom stereocenters. The van der Waals surface area contributed by atoms with Crippen molar-refractivity contribution in [1.82, 2.24) is 19.5 Å². The number of hydrogen-bond donors (Lipinski definition) is 1. The molecule has 28 heavy (non-hydrogen) atoms. The smallest absolute Gasteiger partial charge is 0.157 e. The van der Waals surface area contributed by atoms with Crippen LogP contribution in [0.1, 0.15) is 35.7 Å². The summed E-state index contributed by atoms with van der Waals surface area (Å²) in [6.45, 7) is 4.77. The van der Waals surface area contributed by atoms with Gasteiger partial charge in [0.1, 0.15) is 17.3 Å². The average molecular weight is 381 g/mol. The molecule has 1 aliphatic rings. The molecule has 148 valence electrons. The summed E-state index contributed by atoms with van der Waals surface area (Å²) in [5.41, 5.74) is 10.1. The fourth-order valence-corrected chi connectivity index (χ4v) is 4.03. The SMILES string of the molecule is COc1ccc(OC)c(CN2CCC[C@@H](c3cc(N)n4nc(C)cc4n3)C2)c1. The average Bonchev–Trinajstić information content (AvgIpc) is 3.09. The Morgan fingerprint density at radius 1 is 1.18 bits per heavy atom. The van der Waals surface area contributed by atoms with Crippen LogP contribution in [-0.2, 0) is 6.54 Å². The maximum Gasteiger partial charge on any atom is 0.157 e. The van der Waals surface area contributed by atoms with Crippen molar-refractivity contribution in [2.75, 3.05) is 33.0 Å². The maximum atomic E-state index is 6.22. The van der Waals surface area contributed by atoms with E-state index in [1.807, 2.05) is 31.2 Å². The first kappa shape index (κ1) is 18.6. The van der Waals surface area contributed by atoms with Crippen LogP contribution in [0.15, 0.2) is 30.3 Å². The predicted molar refractivity (Wildman–Crippen MR) is 109 cm³/mol. The number of anilines is 1. The summed E-state index contributed by atoms with van der Waals surface area (Å²) in [4.78, 5) is 7.29. The van der Waals surface area contributed by atoms with Crippen molar-refractivity contribution in [3.8, 4) is 11.5 Å². The molecular formula is C21H27N5O2. The fraction of sp³-hybridized carbons (Fsp3) is 0.429. The largest absolute Gasteiger partial charge is 0.497 e. The molecule has 7 nitrogen and oxygen atoms in total. The third-order valence-corrected chi connectivity index (χ3v) is 5.40. The van der Waals surface area contributed by atoms with E-state index in [4.69, 9.17) is 20.2 Å². The second-order valence-corrected chi connectivity index (χ2v) is 7.41. The van der Waals surface area contributed by atoms with Gasteiger partial charge in [0.05, 0.1) is 25.6 Å². The maximum absolute atomic E-state index is 6.22. The van der Waals surface area contributed by atoms with Gasteiger partial charge in [0, 0.05) is 36.7 Å². The van der Waals surface area contributed by atoms with E-state index in [2.05, 4.69) is 16.1 Å². The molecule has 7 heteroatoms. The molecule has 0 unspecified atom stereocenters. The molecule has 0 amide bonds. The highest BCUT2D eigenvalue weighted by Crippen LogP contribution is 2.31. The van der Waals surface area contributed by atoms with Gasteiger partial charge in [0.15, 0.2) is 5.65 Å². The molecule has 2 aromatic heterocycles. The highest BCUT2D eigenvalue weighted by atomic mass is 16.5. The first-order valence-corrected chi connectivity index (χ1v) is 9.63. The summed E-state index contributed by atoms with van der Waals surface area (Å²) in [5, 5.41) is 4.40. The molecule has 0 aliphatic carbocycles. The zero-order valence-corrected chi connectivity index (χ0v) is 16.7. The second kappa shape index (κ2) is 7.67. The number of nitrogens with two attached hydrogens (primary N) is 1. The van der Waals surface area contributed by atoms with Crippen molar-refractivity contribution in [2.45, 2.75) is 32.2 Å². The first-order valence-electron chi connectivity index (χ1n) is 9.63. The molecule has 0 spiro atoms. The van der Waals surface area contributed by atoms with Gasteiger partial charge >= 0.3 is 0 Å². The highest BCUT2D eigenvalue weighted by Gasteiger charge is 2.24. The van der Waals surface area contributed by atoms with Crippen LogP contribution in [0.5, 0.6) is 11.5 Å². The minimum Gasteiger partial charge on any atom is -0.497 e. The van der Waals surface area contributed by atoms with Crippen LogP contribution in [-0.4, -0.2) is 46.8 Å². The number of fused-ring (bicyclic) bond motifs is 1. The predicted octanol–water partition coefficient (Wildman–Crippen LogP) is 3.02. The van der Waals surface area contributed by atoms with Crippen LogP contribution < -0.4 is 15.2 Å². The number of aryl methyl sites for hydroxylation is 1. The van der Waals surface area contributed by atoms with Crippen molar-refractivity contribution < 1.29 is 9.47 Å². The number of hydrogen-bond acceptors (Lipinski definition) is 6. The van der Waals surface area contributed by atoms with E-state index in [1.165, 1.54) is 0 Å².